The molecule has 39 heavy (non-hydrogen) atoms. The molecule has 1 N–H and O–H groups in total. The van der Waals surface area contributed by atoms with E-state index in [1.54, 1.807) is 38.5 Å². The van der Waals surface area contributed by atoms with Crippen molar-refractivity contribution in [3.63, 3.8) is 0 Å². The Morgan fingerprint density at radius 1 is 0.923 bits per heavy atom. The second-order valence-corrected chi connectivity index (χ2v) is 9.79. The van der Waals surface area contributed by atoms with Crippen molar-refractivity contribution < 1.29 is 28.9 Å². The van der Waals surface area contributed by atoms with Crippen molar-refractivity contribution in [2.75, 3.05) is 20.8 Å². The van der Waals surface area contributed by atoms with E-state index in [0.717, 1.165) is 11.1 Å². The number of amides is 1. The van der Waals surface area contributed by atoms with Gasteiger partial charge in [-0.2, -0.15) is 0 Å². The van der Waals surface area contributed by atoms with Gasteiger partial charge in [0.15, 0.2) is 11.5 Å². The highest BCUT2D eigenvalue weighted by atomic mass is 16.5. The summed E-state index contributed by atoms with van der Waals surface area (Å²) in [5.41, 5.74) is 3.05. The van der Waals surface area contributed by atoms with Crippen LogP contribution in [0.3, 0.4) is 0 Å². The van der Waals surface area contributed by atoms with Crippen LogP contribution in [0.2, 0.25) is 0 Å². The van der Waals surface area contributed by atoms with Gasteiger partial charge in [0.2, 0.25) is 0 Å². The van der Waals surface area contributed by atoms with Crippen LogP contribution >= 0.6 is 0 Å². The lowest BCUT2D eigenvalue weighted by atomic mass is 9.93. The minimum Gasteiger partial charge on any atom is -0.507 e. The van der Waals surface area contributed by atoms with E-state index in [1.807, 2.05) is 63.2 Å². The molecule has 3 aromatic carbocycles. The van der Waals surface area contributed by atoms with Crippen LogP contribution in [0.4, 0.5) is 0 Å². The fourth-order valence-electron chi connectivity index (χ4n) is 4.90. The van der Waals surface area contributed by atoms with Crippen LogP contribution in [0.15, 0.2) is 72.3 Å². The zero-order valence-corrected chi connectivity index (χ0v) is 23.1. The predicted octanol–water partition coefficient (Wildman–Crippen LogP) is 6.24. The molecule has 1 amide bonds. The predicted molar refractivity (Wildman–Crippen MR) is 150 cm³/mol. The lowest BCUT2D eigenvalue weighted by molar-refractivity contribution is -0.139. The zero-order chi connectivity index (χ0) is 28.1. The maximum absolute atomic E-state index is 13.3. The van der Waals surface area contributed by atoms with Gasteiger partial charge < -0.3 is 24.2 Å². The smallest absolute Gasteiger partial charge is 0.295 e. The molecule has 0 spiro atoms. The van der Waals surface area contributed by atoms with Gasteiger partial charge in [0.25, 0.3) is 11.7 Å². The molecule has 1 fully saturated rings. The summed E-state index contributed by atoms with van der Waals surface area (Å²) in [5.74, 6) is 0.260. The topological polar surface area (TPSA) is 85.3 Å². The molecule has 0 radical (unpaired) electrons. The largest absolute Gasteiger partial charge is 0.507 e. The van der Waals surface area contributed by atoms with Gasteiger partial charge in [-0.1, -0.05) is 57.2 Å². The number of ether oxygens (including phenoxy) is 3. The number of nitrogens with zero attached hydrogens (tertiary/aromatic N) is 1. The molecule has 204 valence electrons. The van der Waals surface area contributed by atoms with E-state index in [1.165, 1.54) is 4.90 Å². The first-order valence-electron chi connectivity index (χ1n) is 13.1. The van der Waals surface area contributed by atoms with Crippen molar-refractivity contribution in [1.29, 1.82) is 0 Å². The number of methoxy groups -OCH3 is 2. The Morgan fingerprint density at radius 2 is 1.62 bits per heavy atom. The van der Waals surface area contributed by atoms with Gasteiger partial charge >= 0.3 is 0 Å². The van der Waals surface area contributed by atoms with E-state index in [0.29, 0.717) is 47.9 Å². The number of rotatable bonds is 10. The zero-order valence-electron chi connectivity index (χ0n) is 23.1. The summed E-state index contributed by atoms with van der Waals surface area (Å²) in [6.07, 6.45) is 0.652. The summed E-state index contributed by atoms with van der Waals surface area (Å²) < 4.78 is 17.1. The van der Waals surface area contributed by atoms with E-state index >= 15 is 0 Å². The number of benzene rings is 3. The lowest BCUT2D eigenvalue weighted by Gasteiger charge is -2.25. The molecule has 1 aliphatic heterocycles. The molecular formula is C32H35NO6. The Kier molecular flexibility index (Phi) is 8.59. The quantitative estimate of drug-likeness (QED) is 0.190. The highest BCUT2D eigenvalue weighted by Crippen LogP contribution is 2.42. The van der Waals surface area contributed by atoms with Crippen molar-refractivity contribution in [2.24, 2.45) is 0 Å². The Bertz CT molecular complexity index is 1380. The van der Waals surface area contributed by atoms with Crippen LogP contribution in [-0.2, 0) is 16.2 Å². The second-order valence-electron chi connectivity index (χ2n) is 9.79. The molecule has 1 aliphatic rings. The van der Waals surface area contributed by atoms with E-state index < -0.39 is 17.7 Å². The van der Waals surface area contributed by atoms with Gasteiger partial charge in [0.05, 0.1) is 25.8 Å². The van der Waals surface area contributed by atoms with Crippen LogP contribution in [0.5, 0.6) is 17.2 Å². The van der Waals surface area contributed by atoms with Crippen LogP contribution in [-0.4, -0.2) is 42.5 Å². The molecule has 0 bridgehead atoms. The molecule has 0 saturated carbocycles. The number of aliphatic hydroxyl groups is 1. The summed E-state index contributed by atoms with van der Waals surface area (Å²) in [6, 6.07) is 19.6. The Morgan fingerprint density at radius 3 is 2.26 bits per heavy atom. The van der Waals surface area contributed by atoms with Crippen LogP contribution in [0.25, 0.3) is 5.76 Å². The molecular weight excluding hydrogens is 494 g/mol. The van der Waals surface area contributed by atoms with Crippen molar-refractivity contribution in [2.45, 2.75) is 45.8 Å². The summed E-state index contributed by atoms with van der Waals surface area (Å²) in [7, 11) is 3.14. The van der Waals surface area contributed by atoms with Crippen LogP contribution in [0.1, 0.15) is 61.4 Å². The summed E-state index contributed by atoms with van der Waals surface area (Å²) in [4.78, 5) is 28.0. The Hall–Kier alpha value is -4.26. The number of aliphatic hydroxyl groups excluding tert-OH is 1. The number of ketones is 1. The standard InChI is InChI=1S/C32H35NO6/c1-6-16-33-29(22-12-15-26(27(18-22)38-5)39-19-21-10-8-7-9-11-21)28(31(35)32(33)36)30(34)23-13-14-25(37-4)24(17-23)20(2)3/h7-15,17-18,20,29,34H,6,16,19H2,1-5H3/b30-28+. The number of carbonyl (C=O) groups is 2. The van der Waals surface area contributed by atoms with Gasteiger partial charge in [0, 0.05) is 12.1 Å². The molecule has 7 heteroatoms. The first kappa shape index (κ1) is 27.8. The molecule has 1 unspecified atom stereocenters. The molecule has 0 aliphatic carbocycles. The first-order chi connectivity index (χ1) is 18.8. The van der Waals surface area contributed by atoms with E-state index in [9.17, 15) is 14.7 Å². The summed E-state index contributed by atoms with van der Waals surface area (Å²) in [6.45, 7) is 6.71. The summed E-state index contributed by atoms with van der Waals surface area (Å²) >= 11 is 0. The molecule has 1 heterocycles. The highest BCUT2D eigenvalue weighted by molar-refractivity contribution is 6.46. The third kappa shape index (κ3) is 5.62. The second kappa shape index (κ2) is 12.1. The van der Waals surface area contributed by atoms with E-state index in [4.69, 9.17) is 14.2 Å². The van der Waals surface area contributed by atoms with Gasteiger partial charge in [-0.25, -0.2) is 0 Å². The third-order valence-electron chi connectivity index (χ3n) is 6.87. The Labute approximate surface area is 229 Å². The third-order valence-corrected chi connectivity index (χ3v) is 6.87. The van der Waals surface area contributed by atoms with Gasteiger partial charge in [-0.3, -0.25) is 9.59 Å². The van der Waals surface area contributed by atoms with Crippen molar-refractivity contribution in [1.82, 2.24) is 4.90 Å². The Balaban J connectivity index is 1.78. The van der Waals surface area contributed by atoms with Gasteiger partial charge in [-0.15, -0.1) is 0 Å². The monoisotopic (exact) mass is 529 g/mol. The molecule has 7 nitrogen and oxygen atoms in total. The average Bonchev–Trinajstić information content (AvgIpc) is 3.21. The number of hydrogen-bond donors (Lipinski definition) is 1. The number of carbonyl (C=O) groups excluding carboxylic acids is 2. The molecule has 1 atom stereocenters. The molecule has 1 saturated heterocycles. The van der Waals surface area contributed by atoms with Gasteiger partial charge in [0.1, 0.15) is 18.1 Å². The van der Waals surface area contributed by atoms with E-state index in [-0.39, 0.29) is 17.3 Å². The lowest BCUT2D eigenvalue weighted by Crippen LogP contribution is -2.30. The van der Waals surface area contributed by atoms with Crippen molar-refractivity contribution in [3.8, 4) is 17.2 Å². The highest BCUT2D eigenvalue weighted by Gasteiger charge is 2.46. The number of likely N-dealkylation sites (tertiary alicyclic amines) is 1. The molecule has 3 aromatic rings. The SMILES string of the molecule is CCCN1C(=O)C(=O)/C(=C(/O)c2ccc(OC)c(C(C)C)c2)C1c1ccc(OCc2ccccc2)c(OC)c1. The minimum atomic E-state index is -0.772. The molecule has 4 rings (SSSR count). The fraction of sp³-hybridized carbons (Fsp3) is 0.312. The van der Waals surface area contributed by atoms with Crippen LogP contribution < -0.4 is 14.2 Å². The van der Waals surface area contributed by atoms with Crippen molar-refractivity contribution >= 4 is 17.4 Å². The maximum atomic E-state index is 13.3. The normalized spacial score (nSPS) is 16.6. The maximum Gasteiger partial charge on any atom is 0.295 e. The van der Waals surface area contributed by atoms with Crippen molar-refractivity contribution in [3.05, 3.63) is 94.6 Å². The average molecular weight is 530 g/mol. The first-order valence-corrected chi connectivity index (χ1v) is 13.1. The fourth-order valence-corrected chi connectivity index (χ4v) is 4.90. The minimum absolute atomic E-state index is 0.0494. The summed E-state index contributed by atoms with van der Waals surface area (Å²) in [5, 5.41) is 11.5. The van der Waals surface area contributed by atoms with Gasteiger partial charge in [-0.05, 0) is 59.4 Å². The number of hydrogen-bond acceptors (Lipinski definition) is 6. The van der Waals surface area contributed by atoms with E-state index in [2.05, 4.69) is 0 Å². The number of Topliss-reactive ketones (excluding diaryl/α,β-unsaturated/α-hetero) is 1. The molecule has 0 aromatic heterocycles. The van der Waals surface area contributed by atoms with Crippen LogP contribution in [0, 0.1) is 0 Å².